The molecule has 3 aromatic rings. The van der Waals surface area contributed by atoms with Crippen LogP contribution in [0.1, 0.15) is 5.69 Å². The summed E-state index contributed by atoms with van der Waals surface area (Å²) in [5, 5.41) is 3.27. The lowest BCUT2D eigenvalue weighted by Crippen LogP contribution is -2.14. The van der Waals surface area contributed by atoms with Crippen molar-refractivity contribution < 1.29 is 19.0 Å². The van der Waals surface area contributed by atoms with Gasteiger partial charge in [-0.2, -0.15) is 0 Å². The van der Waals surface area contributed by atoms with Gasteiger partial charge in [-0.3, -0.25) is 0 Å². The van der Waals surface area contributed by atoms with Crippen LogP contribution in [0.5, 0.6) is 11.5 Å². The predicted molar refractivity (Wildman–Crippen MR) is 101 cm³/mol. The molecule has 0 aliphatic carbocycles. The topological polar surface area (TPSA) is 57.7 Å². The van der Waals surface area contributed by atoms with Crippen LogP contribution in [0.25, 0.3) is 10.6 Å². The lowest BCUT2D eigenvalue weighted by molar-refractivity contribution is -0.147. The highest BCUT2D eigenvalue weighted by atomic mass is 35.5. The Hall–Kier alpha value is -2.57. The number of hydrogen-bond acceptors (Lipinski definition) is 6. The van der Waals surface area contributed by atoms with Gasteiger partial charge in [0.05, 0.1) is 17.8 Å². The van der Waals surface area contributed by atoms with Crippen LogP contribution in [0, 0.1) is 0 Å². The first-order chi connectivity index (χ1) is 12.7. The van der Waals surface area contributed by atoms with E-state index in [1.165, 1.54) is 11.3 Å². The van der Waals surface area contributed by atoms with Gasteiger partial charge in [0.1, 0.15) is 23.1 Å². The molecule has 0 aliphatic rings. The van der Waals surface area contributed by atoms with Gasteiger partial charge in [-0.15, -0.1) is 11.3 Å². The number of rotatable bonds is 7. The van der Waals surface area contributed by atoms with Crippen LogP contribution in [0.3, 0.4) is 0 Å². The minimum atomic E-state index is -0.465. The van der Waals surface area contributed by atoms with E-state index in [4.69, 9.17) is 25.8 Å². The molecule has 0 fully saturated rings. The minimum absolute atomic E-state index is 0.0890. The standard InChI is InChI=1S/C19H16ClNO4S/c1-23-14-6-8-15(9-7-14)24-11-18(22)25-10-13-12-26-19(21-13)16-4-2-3-5-17(16)20/h2-9,12H,10-11H2,1H3. The Morgan fingerprint density at radius 2 is 1.85 bits per heavy atom. The summed E-state index contributed by atoms with van der Waals surface area (Å²) in [5.41, 5.74) is 1.53. The number of thiazole rings is 1. The molecule has 0 unspecified atom stereocenters. The summed E-state index contributed by atoms with van der Waals surface area (Å²) in [6.07, 6.45) is 0. The Bertz CT molecular complexity index is 879. The molecule has 7 heteroatoms. The van der Waals surface area contributed by atoms with E-state index >= 15 is 0 Å². The summed E-state index contributed by atoms with van der Waals surface area (Å²) in [4.78, 5) is 16.3. The van der Waals surface area contributed by atoms with Crippen molar-refractivity contribution in [2.75, 3.05) is 13.7 Å². The normalized spacial score (nSPS) is 10.4. The number of hydrogen-bond donors (Lipinski definition) is 0. The van der Waals surface area contributed by atoms with Crippen LogP contribution < -0.4 is 9.47 Å². The summed E-state index contributed by atoms with van der Waals surface area (Å²) in [7, 11) is 1.59. The highest BCUT2D eigenvalue weighted by Gasteiger charge is 2.10. The van der Waals surface area contributed by atoms with Gasteiger partial charge in [0, 0.05) is 10.9 Å². The van der Waals surface area contributed by atoms with Crippen molar-refractivity contribution >= 4 is 28.9 Å². The van der Waals surface area contributed by atoms with Crippen molar-refractivity contribution in [2.24, 2.45) is 0 Å². The van der Waals surface area contributed by atoms with Crippen molar-refractivity contribution in [3.05, 3.63) is 64.6 Å². The fraction of sp³-hybridized carbons (Fsp3) is 0.158. The molecule has 0 atom stereocenters. The third kappa shape index (κ3) is 4.74. The molecule has 5 nitrogen and oxygen atoms in total. The van der Waals surface area contributed by atoms with Gasteiger partial charge < -0.3 is 14.2 Å². The maximum absolute atomic E-state index is 11.8. The first-order valence-electron chi connectivity index (χ1n) is 7.77. The summed E-state index contributed by atoms with van der Waals surface area (Å²) >= 11 is 7.62. The van der Waals surface area contributed by atoms with E-state index < -0.39 is 5.97 Å². The molecule has 1 heterocycles. The largest absolute Gasteiger partial charge is 0.497 e. The maximum atomic E-state index is 11.8. The Morgan fingerprint density at radius 1 is 1.12 bits per heavy atom. The average Bonchev–Trinajstić information content (AvgIpc) is 3.14. The van der Waals surface area contributed by atoms with E-state index in [2.05, 4.69) is 4.98 Å². The first kappa shape index (κ1) is 18.2. The molecule has 2 aromatic carbocycles. The summed E-state index contributed by atoms with van der Waals surface area (Å²) in [5.74, 6) is 0.823. The van der Waals surface area contributed by atoms with Gasteiger partial charge in [-0.05, 0) is 30.3 Å². The Balaban J connectivity index is 1.49. The van der Waals surface area contributed by atoms with Gasteiger partial charge in [-0.25, -0.2) is 9.78 Å². The summed E-state index contributed by atoms with van der Waals surface area (Å²) in [6.45, 7) is -0.0837. The van der Waals surface area contributed by atoms with E-state index in [0.29, 0.717) is 16.5 Å². The summed E-state index contributed by atoms with van der Waals surface area (Å²) < 4.78 is 15.6. The molecular formula is C19H16ClNO4S. The Labute approximate surface area is 160 Å². The average molecular weight is 390 g/mol. The molecule has 0 bridgehead atoms. The molecule has 1 aromatic heterocycles. The van der Waals surface area contributed by atoms with Crippen LogP contribution in [-0.4, -0.2) is 24.7 Å². The van der Waals surface area contributed by atoms with Gasteiger partial charge in [0.2, 0.25) is 0 Å². The minimum Gasteiger partial charge on any atom is -0.497 e. The number of ether oxygens (including phenoxy) is 3. The molecule has 134 valence electrons. The van der Waals surface area contributed by atoms with Crippen LogP contribution in [0.4, 0.5) is 0 Å². The fourth-order valence-electron chi connectivity index (χ4n) is 2.14. The zero-order valence-electron chi connectivity index (χ0n) is 14.0. The monoisotopic (exact) mass is 389 g/mol. The number of carbonyl (C=O) groups is 1. The highest BCUT2D eigenvalue weighted by Crippen LogP contribution is 2.30. The second-order valence-corrected chi connectivity index (χ2v) is 6.51. The number of carbonyl (C=O) groups excluding carboxylic acids is 1. The molecule has 26 heavy (non-hydrogen) atoms. The van der Waals surface area contributed by atoms with Crippen LogP contribution >= 0.6 is 22.9 Å². The highest BCUT2D eigenvalue weighted by molar-refractivity contribution is 7.13. The lowest BCUT2D eigenvalue weighted by Gasteiger charge is -2.07. The predicted octanol–water partition coefficient (Wildman–Crippen LogP) is 4.59. The van der Waals surface area contributed by atoms with Crippen molar-refractivity contribution in [3.8, 4) is 22.1 Å². The molecular weight excluding hydrogens is 374 g/mol. The lowest BCUT2D eigenvalue weighted by atomic mass is 10.2. The number of nitrogens with zero attached hydrogens (tertiary/aromatic N) is 1. The van der Waals surface area contributed by atoms with Crippen molar-refractivity contribution in [1.29, 1.82) is 0 Å². The maximum Gasteiger partial charge on any atom is 0.344 e. The number of esters is 1. The second-order valence-electron chi connectivity index (χ2n) is 5.25. The Morgan fingerprint density at radius 3 is 2.58 bits per heavy atom. The van der Waals surface area contributed by atoms with E-state index in [-0.39, 0.29) is 13.2 Å². The molecule has 0 saturated carbocycles. The van der Waals surface area contributed by atoms with Gasteiger partial charge in [0.15, 0.2) is 6.61 Å². The number of aromatic nitrogens is 1. The van der Waals surface area contributed by atoms with Crippen LogP contribution in [0.2, 0.25) is 5.02 Å². The van der Waals surface area contributed by atoms with Crippen molar-refractivity contribution in [3.63, 3.8) is 0 Å². The zero-order chi connectivity index (χ0) is 18.4. The van der Waals surface area contributed by atoms with Crippen molar-refractivity contribution in [1.82, 2.24) is 4.98 Å². The first-order valence-corrected chi connectivity index (χ1v) is 9.03. The number of benzene rings is 2. The number of halogens is 1. The smallest absolute Gasteiger partial charge is 0.344 e. The third-order valence-corrected chi connectivity index (χ3v) is 4.71. The van der Waals surface area contributed by atoms with Crippen molar-refractivity contribution in [2.45, 2.75) is 6.61 Å². The molecule has 3 rings (SSSR count). The summed E-state index contributed by atoms with van der Waals surface area (Å²) in [6, 6.07) is 14.4. The van der Waals surface area contributed by atoms with Gasteiger partial charge in [0.25, 0.3) is 0 Å². The van der Waals surface area contributed by atoms with E-state index in [9.17, 15) is 4.79 Å². The molecule has 0 radical (unpaired) electrons. The molecule has 0 aliphatic heterocycles. The molecule has 0 saturated heterocycles. The van der Waals surface area contributed by atoms with E-state index in [0.717, 1.165) is 16.3 Å². The van der Waals surface area contributed by atoms with Gasteiger partial charge >= 0.3 is 5.97 Å². The van der Waals surface area contributed by atoms with E-state index in [1.54, 1.807) is 31.4 Å². The second kappa shape index (κ2) is 8.69. The molecule has 0 amide bonds. The van der Waals surface area contributed by atoms with Gasteiger partial charge in [-0.1, -0.05) is 29.8 Å². The fourth-order valence-corrected chi connectivity index (χ4v) is 3.27. The van der Waals surface area contributed by atoms with Crippen LogP contribution in [0.15, 0.2) is 53.9 Å². The molecule has 0 spiro atoms. The SMILES string of the molecule is COc1ccc(OCC(=O)OCc2csc(-c3ccccc3Cl)n2)cc1. The van der Waals surface area contributed by atoms with E-state index in [1.807, 2.05) is 29.6 Å². The zero-order valence-corrected chi connectivity index (χ0v) is 15.5. The quantitative estimate of drug-likeness (QED) is 0.553. The number of methoxy groups -OCH3 is 1. The molecule has 0 N–H and O–H groups in total. The Kier molecular flexibility index (Phi) is 6.09. The van der Waals surface area contributed by atoms with Crippen LogP contribution in [-0.2, 0) is 16.1 Å². The third-order valence-electron chi connectivity index (χ3n) is 3.45.